The van der Waals surface area contributed by atoms with Crippen molar-refractivity contribution in [2.45, 2.75) is 6.42 Å². The van der Waals surface area contributed by atoms with Crippen molar-refractivity contribution >= 4 is 5.97 Å². The van der Waals surface area contributed by atoms with Crippen LogP contribution in [0, 0.1) is 0 Å². The van der Waals surface area contributed by atoms with E-state index in [1.165, 1.54) is 24.8 Å². The smallest absolute Gasteiger partial charge is 0.335 e. The second kappa shape index (κ2) is 6.61. The molecule has 0 aliphatic carbocycles. The molecule has 0 aliphatic heterocycles. The normalized spacial score (nSPS) is 10.1. The molecule has 0 spiro atoms. The molecule has 4 heteroatoms. The third-order valence-electron chi connectivity index (χ3n) is 2.90. The molecule has 0 aromatic heterocycles. The summed E-state index contributed by atoms with van der Waals surface area (Å²) in [7, 11) is 1.53. The Hall–Kier alpha value is -2.49. The first kappa shape index (κ1) is 13.9. The largest absolute Gasteiger partial charge is 0.493 e. The van der Waals surface area contributed by atoms with E-state index in [1.54, 1.807) is 6.07 Å². The summed E-state index contributed by atoms with van der Waals surface area (Å²) in [4.78, 5) is 11.0. The minimum absolute atomic E-state index is 0.181. The first-order valence-corrected chi connectivity index (χ1v) is 6.29. The fourth-order valence-electron chi connectivity index (χ4n) is 1.85. The monoisotopic (exact) mass is 272 g/mol. The maximum atomic E-state index is 11.0. The number of hydrogen-bond donors (Lipinski definition) is 1. The maximum absolute atomic E-state index is 11.0. The topological polar surface area (TPSA) is 55.8 Å². The molecule has 0 radical (unpaired) electrons. The second-order valence-electron chi connectivity index (χ2n) is 4.25. The standard InChI is InChI=1S/C16H16O4/c1-19-14-8-7-13(16(17)18)11-15(14)20-10-9-12-5-3-2-4-6-12/h2-8,11H,9-10H2,1H3,(H,17,18). The van der Waals surface area contributed by atoms with Gasteiger partial charge < -0.3 is 14.6 Å². The van der Waals surface area contributed by atoms with Crippen molar-refractivity contribution in [3.05, 3.63) is 59.7 Å². The Labute approximate surface area is 117 Å². The number of hydrogen-bond acceptors (Lipinski definition) is 3. The zero-order valence-electron chi connectivity index (χ0n) is 11.2. The quantitative estimate of drug-likeness (QED) is 0.878. The van der Waals surface area contributed by atoms with Crippen LogP contribution in [0.4, 0.5) is 0 Å². The third kappa shape index (κ3) is 3.51. The lowest BCUT2D eigenvalue weighted by molar-refractivity contribution is 0.0696. The molecule has 0 aliphatic rings. The molecule has 0 saturated heterocycles. The highest BCUT2D eigenvalue weighted by molar-refractivity contribution is 5.88. The van der Waals surface area contributed by atoms with Gasteiger partial charge in [0.2, 0.25) is 0 Å². The average Bonchev–Trinajstić information content (AvgIpc) is 2.48. The van der Waals surface area contributed by atoms with Gasteiger partial charge in [0, 0.05) is 6.42 Å². The van der Waals surface area contributed by atoms with Crippen molar-refractivity contribution in [1.29, 1.82) is 0 Å². The van der Waals surface area contributed by atoms with E-state index >= 15 is 0 Å². The summed E-state index contributed by atoms with van der Waals surface area (Å²) in [5.41, 5.74) is 1.35. The lowest BCUT2D eigenvalue weighted by Gasteiger charge is -2.11. The summed E-state index contributed by atoms with van der Waals surface area (Å²) in [5.74, 6) is -0.00745. The third-order valence-corrected chi connectivity index (χ3v) is 2.90. The van der Waals surface area contributed by atoms with Gasteiger partial charge in [0.15, 0.2) is 11.5 Å². The molecule has 0 heterocycles. The van der Waals surface area contributed by atoms with Gasteiger partial charge in [-0.15, -0.1) is 0 Å². The Morgan fingerprint density at radius 2 is 1.85 bits per heavy atom. The van der Waals surface area contributed by atoms with Gasteiger partial charge in [0.25, 0.3) is 0 Å². The number of carbonyl (C=O) groups is 1. The Morgan fingerprint density at radius 3 is 2.50 bits per heavy atom. The Balaban J connectivity index is 2.04. The Morgan fingerprint density at radius 1 is 1.10 bits per heavy atom. The van der Waals surface area contributed by atoms with Crippen molar-refractivity contribution in [3.63, 3.8) is 0 Å². The number of methoxy groups -OCH3 is 1. The van der Waals surface area contributed by atoms with E-state index in [0.29, 0.717) is 18.1 Å². The van der Waals surface area contributed by atoms with Crippen molar-refractivity contribution in [3.8, 4) is 11.5 Å². The van der Waals surface area contributed by atoms with E-state index in [0.717, 1.165) is 6.42 Å². The summed E-state index contributed by atoms with van der Waals surface area (Å²) in [6.45, 7) is 0.462. The van der Waals surface area contributed by atoms with Crippen molar-refractivity contribution in [2.24, 2.45) is 0 Å². The number of rotatable bonds is 6. The molecule has 0 bridgehead atoms. The number of ether oxygens (including phenoxy) is 2. The van der Waals surface area contributed by atoms with Crippen LogP contribution in [-0.4, -0.2) is 24.8 Å². The van der Waals surface area contributed by atoms with Crippen LogP contribution in [0.15, 0.2) is 48.5 Å². The summed E-state index contributed by atoms with van der Waals surface area (Å²) in [5, 5.41) is 8.98. The molecule has 0 amide bonds. The van der Waals surface area contributed by atoms with Crippen LogP contribution in [0.5, 0.6) is 11.5 Å². The molecule has 1 N–H and O–H groups in total. The SMILES string of the molecule is COc1ccc(C(=O)O)cc1OCCc1ccccc1. The highest BCUT2D eigenvalue weighted by Gasteiger charge is 2.10. The van der Waals surface area contributed by atoms with E-state index in [9.17, 15) is 4.79 Å². The van der Waals surface area contributed by atoms with E-state index in [4.69, 9.17) is 14.6 Å². The van der Waals surface area contributed by atoms with Gasteiger partial charge >= 0.3 is 5.97 Å². The molecular weight excluding hydrogens is 256 g/mol. The Bertz CT molecular complexity index is 578. The number of aromatic carboxylic acids is 1. The van der Waals surface area contributed by atoms with Crippen molar-refractivity contribution in [1.82, 2.24) is 0 Å². The van der Waals surface area contributed by atoms with E-state index < -0.39 is 5.97 Å². The fourth-order valence-corrected chi connectivity index (χ4v) is 1.85. The molecule has 0 atom stereocenters. The van der Waals surface area contributed by atoms with Crippen LogP contribution in [0.3, 0.4) is 0 Å². The summed E-state index contributed by atoms with van der Waals surface area (Å²) < 4.78 is 10.8. The molecule has 20 heavy (non-hydrogen) atoms. The van der Waals surface area contributed by atoms with Gasteiger partial charge in [-0.2, -0.15) is 0 Å². The zero-order valence-corrected chi connectivity index (χ0v) is 11.2. The van der Waals surface area contributed by atoms with Crippen molar-refractivity contribution in [2.75, 3.05) is 13.7 Å². The first-order chi connectivity index (χ1) is 9.70. The van der Waals surface area contributed by atoms with Crippen molar-refractivity contribution < 1.29 is 19.4 Å². The molecule has 2 rings (SSSR count). The van der Waals surface area contributed by atoms with Gasteiger partial charge in [-0.3, -0.25) is 0 Å². The molecule has 104 valence electrons. The van der Waals surface area contributed by atoms with Crippen LogP contribution < -0.4 is 9.47 Å². The summed E-state index contributed by atoms with van der Waals surface area (Å²) in [6.07, 6.45) is 0.751. The summed E-state index contributed by atoms with van der Waals surface area (Å²) >= 11 is 0. The van der Waals surface area contributed by atoms with Crippen LogP contribution >= 0.6 is 0 Å². The maximum Gasteiger partial charge on any atom is 0.335 e. The first-order valence-electron chi connectivity index (χ1n) is 6.29. The predicted octanol–water partition coefficient (Wildman–Crippen LogP) is 3.01. The lowest BCUT2D eigenvalue weighted by atomic mass is 10.1. The predicted molar refractivity (Wildman–Crippen MR) is 75.6 cm³/mol. The van der Waals surface area contributed by atoms with E-state index in [-0.39, 0.29) is 5.56 Å². The van der Waals surface area contributed by atoms with Crippen LogP contribution in [-0.2, 0) is 6.42 Å². The fraction of sp³-hybridized carbons (Fsp3) is 0.188. The molecule has 4 nitrogen and oxygen atoms in total. The lowest BCUT2D eigenvalue weighted by Crippen LogP contribution is -2.04. The molecule has 0 saturated carbocycles. The van der Waals surface area contributed by atoms with Gasteiger partial charge in [0.1, 0.15) is 0 Å². The molecule has 0 fully saturated rings. The average molecular weight is 272 g/mol. The minimum Gasteiger partial charge on any atom is -0.493 e. The van der Waals surface area contributed by atoms with E-state index in [2.05, 4.69) is 0 Å². The van der Waals surface area contributed by atoms with Crippen LogP contribution in [0.1, 0.15) is 15.9 Å². The van der Waals surface area contributed by atoms with Crippen LogP contribution in [0.25, 0.3) is 0 Å². The highest BCUT2D eigenvalue weighted by atomic mass is 16.5. The molecular formula is C16H16O4. The number of benzene rings is 2. The Kier molecular flexibility index (Phi) is 4.60. The van der Waals surface area contributed by atoms with E-state index in [1.807, 2.05) is 30.3 Å². The highest BCUT2D eigenvalue weighted by Crippen LogP contribution is 2.28. The zero-order chi connectivity index (χ0) is 14.4. The van der Waals surface area contributed by atoms with Gasteiger partial charge in [-0.1, -0.05) is 30.3 Å². The molecule has 0 unspecified atom stereocenters. The number of carboxylic acid groups (broad SMARTS) is 1. The van der Waals surface area contributed by atoms with Gasteiger partial charge in [-0.25, -0.2) is 4.79 Å². The number of carboxylic acids is 1. The van der Waals surface area contributed by atoms with Crippen LogP contribution in [0.2, 0.25) is 0 Å². The second-order valence-corrected chi connectivity index (χ2v) is 4.25. The molecule has 2 aromatic rings. The molecule has 2 aromatic carbocycles. The summed E-state index contributed by atoms with van der Waals surface area (Å²) in [6, 6.07) is 14.5. The minimum atomic E-state index is -0.986. The van der Waals surface area contributed by atoms with Gasteiger partial charge in [-0.05, 0) is 23.8 Å². The van der Waals surface area contributed by atoms with Gasteiger partial charge in [0.05, 0.1) is 19.3 Å².